The molecule has 2 rings (SSSR count). The minimum absolute atomic E-state index is 0.164. The van der Waals surface area contributed by atoms with Crippen LogP contribution in [0.3, 0.4) is 0 Å². The van der Waals surface area contributed by atoms with Gasteiger partial charge in [-0.25, -0.2) is 0 Å². The number of hydrazine groups is 1. The molecule has 5 heteroatoms. The molecule has 0 aromatic heterocycles. The summed E-state index contributed by atoms with van der Waals surface area (Å²) in [5.41, 5.74) is -0.208. The Balaban J connectivity index is 2.14. The van der Waals surface area contributed by atoms with Crippen molar-refractivity contribution >= 4 is 22.1 Å². The SMILES string of the molecule is O=C1N(NBr)CCC12CCOC2. The highest BCUT2D eigenvalue weighted by atomic mass is 79.9. The van der Waals surface area contributed by atoms with Gasteiger partial charge in [0.2, 0.25) is 5.91 Å². The van der Waals surface area contributed by atoms with E-state index in [2.05, 4.69) is 20.6 Å². The molecule has 1 N–H and O–H groups in total. The van der Waals surface area contributed by atoms with E-state index in [1.54, 1.807) is 5.01 Å². The van der Waals surface area contributed by atoms with Crippen LogP contribution in [-0.4, -0.2) is 30.7 Å². The number of amides is 1. The Hall–Kier alpha value is -0.130. The van der Waals surface area contributed by atoms with Gasteiger partial charge in [-0.15, -0.1) is 0 Å². The van der Waals surface area contributed by atoms with Gasteiger partial charge in [-0.2, -0.15) is 4.45 Å². The molecule has 2 fully saturated rings. The molecule has 1 spiro atoms. The van der Waals surface area contributed by atoms with Crippen LogP contribution >= 0.6 is 16.1 Å². The lowest BCUT2D eigenvalue weighted by Crippen LogP contribution is -2.39. The van der Waals surface area contributed by atoms with Crippen LogP contribution in [0.5, 0.6) is 0 Å². The van der Waals surface area contributed by atoms with Crippen LogP contribution in [0.25, 0.3) is 0 Å². The number of hydrogen-bond donors (Lipinski definition) is 1. The number of carbonyl (C=O) groups excluding carboxylic acids is 1. The average molecular weight is 235 g/mol. The number of carbonyl (C=O) groups is 1. The Morgan fingerprint density at radius 1 is 1.58 bits per heavy atom. The highest BCUT2D eigenvalue weighted by Gasteiger charge is 2.49. The predicted molar refractivity (Wildman–Crippen MR) is 46.3 cm³/mol. The van der Waals surface area contributed by atoms with Gasteiger partial charge in [0.05, 0.1) is 12.0 Å². The van der Waals surface area contributed by atoms with E-state index in [0.717, 1.165) is 26.0 Å². The number of halogens is 1. The van der Waals surface area contributed by atoms with E-state index < -0.39 is 0 Å². The smallest absolute Gasteiger partial charge is 0.246 e. The van der Waals surface area contributed by atoms with E-state index in [1.165, 1.54) is 0 Å². The molecular weight excluding hydrogens is 224 g/mol. The molecule has 1 unspecified atom stereocenters. The zero-order chi connectivity index (χ0) is 8.60. The molecule has 2 aliphatic rings. The van der Waals surface area contributed by atoms with Gasteiger partial charge in [-0.05, 0) is 12.8 Å². The largest absolute Gasteiger partial charge is 0.380 e. The summed E-state index contributed by atoms with van der Waals surface area (Å²) < 4.78 is 7.96. The Kier molecular flexibility index (Phi) is 2.10. The number of nitrogens with zero attached hydrogens (tertiary/aromatic N) is 1. The van der Waals surface area contributed by atoms with Crippen LogP contribution in [0.4, 0.5) is 0 Å². The average Bonchev–Trinajstić information content (AvgIpc) is 2.65. The molecule has 0 aromatic carbocycles. The molecule has 12 heavy (non-hydrogen) atoms. The number of rotatable bonds is 1. The summed E-state index contributed by atoms with van der Waals surface area (Å²) in [6, 6.07) is 0. The molecule has 1 amide bonds. The van der Waals surface area contributed by atoms with Crippen molar-refractivity contribution in [2.75, 3.05) is 19.8 Å². The summed E-state index contributed by atoms with van der Waals surface area (Å²) in [6.07, 6.45) is 1.78. The van der Waals surface area contributed by atoms with Crippen molar-refractivity contribution in [2.45, 2.75) is 12.8 Å². The molecule has 0 aliphatic carbocycles. The van der Waals surface area contributed by atoms with E-state index >= 15 is 0 Å². The Morgan fingerprint density at radius 3 is 2.92 bits per heavy atom. The fourth-order valence-corrected chi connectivity index (χ4v) is 2.21. The van der Waals surface area contributed by atoms with Crippen molar-refractivity contribution in [3.05, 3.63) is 0 Å². The fraction of sp³-hybridized carbons (Fsp3) is 0.857. The molecule has 2 saturated heterocycles. The predicted octanol–water partition coefficient (Wildman–Crippen LogP) is 0.440. The number of nitrogens with one attached hydrogen (secondary N) is 1. The topological polar surface area (TPSA) is 41.6 Å². The van der Waals surface area contributed by atoms with Gasteiger partial charge in [0, 0.05) is 29.3 Å². The molecular formula is C7H11BrN2O2. The van der Waals surface area contributed by atoms with Gasteiger partial charge in [0.25, 0.3) is 0 Å². The molecule has 1 atom stereocenters. The fourth-order valence-electron chi connectivity index (χ4n) is 1.87. The molecule has 2 aliphatic heterocycles. The molecule has 0 bridgehead atoms. The monoisotopic (exact) mass is 234 g/mol. The molecule has 0 saturated carbocycles. The molecule has 0 aromatic rings. The van der Waals surface area contributed by atoms with Crippen molar-refractivity contribution in [1.29, 1.82) is 0 Å². The second-order valence-electron chi connectivity index (χ2n) is 3.37. The maximum Gasteiger partial charge on any atom is 0.246 e. The van der Waals surface area contributed by atoms with Crippen LogP contribution < -0.4 is 4.45 Å². The van der Waals surface area contributed by atoms with Gasteiger partial charge in [0.15, 0.2) is 0 Å². The number of ether oxygens (including phenoxy) is 1. The van der Waals surface area contributed by atoms with Crippen LogP contribution in [0.1, 0.15) is 12.8 Å². The third kappa shape index (κ3) is 1.08. The first-order valence-electron chi connectivity index (χ1n) is 4.04. The van der Waals surface area contributed by atoms with Crippen LogP contribution in [-0.2, 0) is 9.53 Å². The maximum atomic E-state index is 11.7. The van der Waals surface area contributed by atoms with E-state index in [4.69, 9.17) is 4.74 Å². The van der Waals surface area contributed by atoms with Crippen LogP contribution in [0.2, 0.25) is 0 Å². The van der Waals surface area contributed by atoms with Crippen molar-refractivity contribution in [3.8, 4) is 0 Å². The zero-order valence-corrected chi connectivity index (χ0v) is 8.26. The minimum atomic E-state index is -0.208. The standard InChI is InChI=1S/C7H11BrN2O2/c8-9-10-3-1-7(6(10)11)2-4-12-5-7/h9H,1-5H2. The first-order valence-corrected chi connectivity index (χ1v) is 4.84. The Morgan fingerprint density at radius 2 is 2.42 bits per heavy atom. The van der Waals surface area contributed by atoms with E-state index in [0.29, 0.717) is 6.61 Å². The normalized spacial score (nSPS) is 35.4. The summed E-state index contributed by atoms with van der Waals surface area (Å²) in [4.78, 5) is 11.7. The quantitative estimate of drug-likeness (QED) is 0.670. The lowest BCUT2D eigenvalue weighted by atomic mass is 9.86. The molecule has 68 valence electrons. The van der Waals surface area contributed by atoms with Crippen molar-refractivity contribution in [1.82, 2.24) is 9.46 Å². The van der Waals surface area contributed by atoms with Crippen LogP contribution in [0, 0.1) is 5.41 Å². The van der Waals surface area contributed by atoms with E-state index in [9.17, 15) is 4.79 Å². The Bertz CT molecular complexity index is 204. The van der Waals surface area contributed by atoms with Crippen molar-refractivity contribution < 1.29 is 9.53 Å². The summed E-state index contributed by atoms with van der Waals surface area (Å²) in [7, 11) is 0. The molecule has 2 heterocycles. The van der Waals surface area contributed by atoms with E-state index in [-0.39, 0.29) is 11.3 Å². The minimum Gasteiger partial charge on any atom is -0.380 e. The Labute approximate surface area is 79.5 Å². The first-order chi connectivity index (χ1) is 5.78. The van der Waals surface area contributed by atoms with E-state index in [1.807, 2.05) is 0 Å². The lowest BCUT2D eigenvalue weighted by molar-refractivity contribution is -0.137. The van der Waals surface area contributed by atoms with Crippen LogP contribution in [0.15, 0.2) is 0 Å². The highest BCUT2D eigenvalue weighted by Crippen LogP contribution is 2.38. The molecule has 0 radical (unpaired) electrons. The second kappa shape index (κ2) is 2.97. The summed E-state index contributed by atoms with van der Waals surface area (Å²) in [5.74, 6) is 0.164. The van der Waals surface area contributed by atoms with Gasteiger partial charge in [-0.1, -0.05) is 0 Å². The van der Waals surface area contributed by atoms with Crippen molar-refractivity contribution in [3.63, 3.8) is 0 Å². The summed E-state index contributed by atoms with van der Waals surface area (Å²) in [5, 5.41) is 1.61. The van der Waals surface area contributed by atoms with Gasteiger partial charge in [-0.3, -0.25) is 9.80 Å². The number of hydrogen-bond acceptors (Lipinski definition) is 3. The maximum absolute atomic E-state index is 11.7. The zero-order valence-electron chi connectivity index (χ0n) is 6.68. The third-order valence-corrected chi connectivity index (χ3v) is 3.15. The van der Waals surface area contributed by atoms with Crippen molar-refractivity contribution in [2.24, 2.45) is 5.41 Å². The van der Waals surface area contributed by atoms with Gasteiger partial charge in [0.1, 0.15) is 0 Å². The first kappa shape index (κ1) is 8.47. The second-order valence-corrected chi connectivity index (χ2v) is 3.73. The lowest BCUT2D eigenvalue weighted by Gasteiger charge is -2.19. The molecule has 4 nitrogen and oxygen atoms in total. The third-order valence-electron chi connectivity index (χ3n) is 2.72. The summed E-state index contributed by atoms with van der Waals surface area (Å²) >= 11 is 3.06. The van der Waals surface area contributed by atoms with Gasteiger partial charge >= 0.3 is 0 Å². The summed E-state index contributed by atoms with van der Waals surface area (Å²) in [6.45, 7) is 2.09. The van der Waals surface area contributed by atoms with Gasteiger partial charge < -0.3 is 4.74 Å². The highest BCUT2D eigenvalue weighted by molar-refractivity contribution is 9.08.